The predicted octanol–water partition coefficient (Wildman–Crippen LogP) is 3.59. The standard InChI is InChI=1S/C22H28N2O4/c1-15(2)18-7-4-5-8-19(18)28-16(3)21(25)23-17-10-12-24(13-11-17)22(26)20-9-6-14-27-20/h4-9,14-17H,10-13H2,1-3H3,(H,23,25). The molecule has 6 heteroatoms. The van der Waals surface area contributed by atoms with Gasteiger partial charge in [0.2, 0.25) is 0 Å². The Morgan fingerprint density at radius 1 is 1.11 bits per heavy atom. The summed E-state index contributed by atoms with van der Waals surface area (Å²) in [5, 5.41) is 3.06. The molecule has 1 N–H and O–H groups in total. The number of hydrogen-bond acceptors (Lipinski definition) is 4. The molecule has 1 aromatic carbocycles. The molecule has 2 aromatic rings. The van der Waals surface area contributed by atoms with Crippen LogP contribution in [-0.2, 0) is 4.79 Å². The van der Waals surface area contributed by atoms with E-state index in [1.54, 1.807) is 24.0 Å². The number of benzene rings is 1. The van der Waals surface area contributed by atoms with E-state index in [0.717, 1.165) is 11.3 Å². The van der Waals surface area contributed by atoms with E-state index < -0.39 is 6.10 Å². The first-order valence-electron chi connectivity index (χ1n) is 9.84. The Bertz CT molecular complexity index is 793. The molecule has 1 aromatic heterocycles. The highest BCUT2D eigenvalue weighted by Crippen LogP contribution is 2.26. The lowest BCUT2D eigenvalue weighted by Gasteiger charge is -2.32. The Hall–Kier alpha value is -2.76. The Balaban J connectivity index is 1.50. The minimum Gasteiger partial charge on any atom is -0.481 e. The molecule has 3 rings (SSSR count). The van der Waals surface area contributed by atoms with Gasteiger partial charge in [-0.25, -0.2) is 0 Å². The molecule has 1 aliphatic rings. The van der Waals surface area contributed by atoms with Crippen molar-refractivity contribution in [1.82, 2.24) is 10.2 Å². The first-order chi connectivity index (χ1) is 13.5. The number of likely N-dealkylation sites (tertiary alicyclic amines) is 1. The van der Waals surface area contributed by atoms with E-state index in [1.807, 2.05) is 24.3 Å². The van der Waals surface area contributed by atoms with E-state index in [2.05, 4.69) is 19.2 Å². The molecule has 0 aliphatic carbocycles. The number of hydrogen-bond donors (Lipinski definition) is 1. The second kappa shape index (κ2) is 8.95. The number of ether oxygens (including phenoxy) is 1. The van der Waals surface area contributed by atoms with Crippen LogP contribution in [0, 0.1) is 0 Å². The number of carbonyl (C=O) groups is 2. The third kappa shape index (κ3) is 4.74. The molecule has 6 nitrogen and oxygen atoms in total. The molecular formula is C22H28N2O4. The first kappa shape index (κ1) is 20.0. The molecule has 0 radical (unpaired) electrons. The van der Waals surface area contributed by atoms with Gasteiger partial charge < -0.3 is 19.4 Å². The number of para-hydroxylation sites is 1. The van der Waals surface area contributed by atoms with Crippen LogP contribution >= 0.6 is 0 Å². The summed E-state index contributed by atoms with van der Waals surface area (Å²) in [6, 6.07) is 11.2. The summed E-state index contributed by atoms with van der Waals surface area (Å²) in [5.41, 5.74) is 1.09. The van der Waals surface area contributed by atoms with Crippen molar-refractivity contribution in [3.63, 3.8) is 0 Å². The number of furan rings is 1. The van der Waals surface area contributed by atoms with Gasteiger partial charge in [-0.15, -0.1) is 0 Å². The van der Waals surface area contributed by atoms with Crippen LogP contribution < -0.4 is 10.1 Å². The summed E-state index contributed by atoms with van der Waals surface area (Å²) in [5.74, 6) is 1.20. The van der Waals surface area contributed by atoms with Gasteiger partial charge in [0.15, 0.2) is 11.9 Å². The minimum absolute atomic E-state index is 0.0412. The average molecular weight is 384 g/mol. The lowest BCUT2D eigenvalue weighted by atomic mass is 10.0. The third-order valence-electron chi connectivity index (χ3n) is 5.07. The maximum absolute atomic E-state index is 12.6. The van der Waals surface area contributed by atoms with E-state index in [9.17, 15) is 9.59 Å². The Labute approximate surface area is 165 Å². The predicted molar refractivity (Wildman–Crippen MR) is 106 cm³/mol. The van der Waals surface area contributed by atoms with E-state index in [0.29, 0.717) is 37.6 Å². The van der Waals surface area contributed by atoms with Crippen LogP contribution in [0.1, 0.15) is 55.6 Å². The van der Waals surface area contributed by atoms with Gasteiger partial charge in [0.05, 0.1) is 6.26 Å². The number of piperidine rings is 1. The molecule has 1 saturated heterocycles. The van der Waals surface area contributed by atoms with Crippen molar-refractivity contribution < 1.29 is 18.7 Å². The van der Waals surface area contributed by atoms with Crippen LogP contribution in [0.2, 0.25) is 0 Å². The number of amides is 2. The van der Waals surface area contributed by atoms with Crippen molar-refractivity contribution in [1.29, 1.82) is 0 Å². The molecule has 0 bridgehead atoms. The van der Waals surface area contributed by atoms with E-state index in [-0.39, 0.29) is 17.9 Å². The molecule has 1 unspecified atom stereocenters. The fourth-order valence-electron chi connectivity index (χ4n) is 3.41. The van der Waals surface area contributed by atoms with E-state index >= 15 is 0 Å². The molecule has 1 aliphatic heterocycles. The summed E-state index contributed by atoms with van der Waals surface area (Å²) in [4.78, 5) is 26.6. The summed E-state index contributed by atoms with van der Waals surface area (Å²) in [6.07, 6.45) is 2.35. The zero-order valence-electron chi connectivity index (χ0n) is 16.7. The fraction of sp³-hybridized carbons (Fsp3) is 0.455. The van der Waals surface area contributed by atoms with Crippen molar-refractivity contribution in [2.45, 2.75) is 51.7 Å². The quantitative estimate of drug-likeness (QED) is 0.826. The van der Waals surface area contributed by atoms with Crippen molar-refractivity contribution in [2.24, 2.45) is 0 Å². The Morgan fingerprint density at radius 2 is 1.82 bits per heavy atom. The Morgan fingerprint density at radius 3 is 2.46 bits per heavy atom. The van der Waals surface area contributed by atoms with Crippen LogP contribution in [0.15, 0.2) is 47.1 Å². The lowest BCUT2D eigenvalue weighted by molar-refractivity contribution is -0.128. The normalized spacial score (nSPS) is 16.1. The zero-order chi connectivity index (χ0) is 20.1. The number of nitrogens with zero attached hydrogens (tertiary/aromatic N) is 1. The second-order valence-corrected chi connectivity index (χ2v) is 7.50. The van der Waals surface area contributed by atoms with Gasteiger partial charge in [0.25, 0.3) is 11.8 Å². The van der Waals surface area contributed by atoms with Crippen molar-refractivity contribution in [2.75, 3.05) is 13.1 Å². The smallest absolute Gasteiger partial charge is 0.289 e. The van der Waals surface area contributed by atoms with Gasteiger partial charge in [0, 0.05) is 19.1 Å². The summed E-state index contributed by atoms with van der Waals surface area (Å²) >= 11 is 0. The van der Waals surface area contributed by atoms with Gasteiger partial charge in [-0.1, -0.05) is 32.0 Å². The van der Waals surface area contributed by atoms with Crippen LogP contribution in [-0.4, -0.2) is 41.9 Å². The summed E-state index contributed by atoms with van der Waals surface area (Å²) in [6.45, 7) is 7.16. The van der Waals surface area contributed by atoms with Crippen molar-refractivity contribution in [3.05, 3.63) is 54.0 Å². The van der Waals surface area contributed by atoms with Gasteiger partial charge in [-0.3, -0.25) is 9.59 Å². The monoisotopic (exact) mass is 384 g/mol. The largest absolute Gasteiger partial charge is 0.481 e. The molecule has 1 atom stereocenters. The van der Waals surface area contributed by atoms with Crippen molar-refractivity contribution in [3.8, 4) is 5.75 Å². The Kier molecular flexibility index (Phi) is 6.39. The molecule has 0 saturated carbocycles. The first-order valence-corrected chi connectivity index (χ1v) is 9.84. The highest BCUT2D eigenvalue weighted by atomic mass is 16.5. The van der Waals surface area contributed by atoms with E-state index in [4.69, 9.17) is 9.15 Å². The molecule has 150 valence electrons. The highest BCUT2D eigenvalue weighted by Gasteiger charge is 2.27. The molecule has 1 fully saturated rings. The van der Waals surface area contributed by atoms with E-state index in [1.165, 1.54) is 6.26 Å². The summed E-state index contributed by atoms with van der Waals surface area (Å²) in [7, 11) is 0. The number of rotatable bonds is 6. The van der Waals surface area contributed by atoms with Gasteiger partial charge in [-0.05, 0) is 49.4 Å². The topological polar surface area (TPSA) is 71.8 Å². The maximum atomic E-state index is 12.6. The molecular weight excluding hydrogens is 356 g/mol. The van der Waals surface area contributed by atoms with Crippen molar-refractivity contribution >= 4 is 11.8 Å². The fourth-order valence-corrected chi connectivity index (χ4v) is 3.41. The zero-order valence-corrected chi connectivity index (χ0v) is 16.7. The van der Waals surface area contributed by atoms with Crippen LogP contribution in [0.3, 0.4) is 0 Å². The maximum Gasteiger partial charge on any atom is 0.289 e. The average Bonchev–Trinajstić information content (AvgIpc) is 3.23. The molecule has 2 amide bonds. The van der Waals surface area contributed by atoms with Gasteiger partial charge in [-0.2, -0.15) is 0 Å². The molecule has 0 spiro atoms. The SMILES string of the molecule is CC(Oc1ccccc1C(C)C)C(=O)NC1CCN(C(=O)c2ccco2)CC1. The van der Waals surface area contributed by atoms with Gasteiger partial charge in [0.1, 0.15) is 5.75 Å². The minimum atomic E-state index is -0.581. The lowest BCUT2D eigenvalue weighted by Crippen LogP contribution is -2.49. The second-order valence-electron chi connectivity index (χ2n) is 7.50. The van der Waals surface area contributed by atoms with Crippen LogP contribution in [0.25, 0.3) is 0 Å². The van der Waals surface area contributed by atoms with Crippen LogP contribution in [0.5, 0.6) is 5.75 Å². The third-order valence-corrected chi connectivity index (χ3v) is 5.07. The van der Waals surface area contributed by atoms with Gasteiger partial charge >= 0.3 is 0 Å². The number of nitrogens with one attached hydrogen (secondary N) is 1. The molecule has 2 heterocycles. The number of carbonyl (C=O) groups excluding carboxylic acids is 2. The van der Waals surface area contributed by atoms with Crippen LogP contribution in [0.4, 0.5) is 0 Å². The molecule has 28 heavy (non-hydrogen) atoms. The highest BCUT2D eigenvalue weighted by molar-refractivity contribution is 5.91. The summed E-state index contributed by atoms with van der Waals surface area (Å²) < 4.78 is 11.1.